The molecule has 4 aromatic carbocycles. The molecule has 2 N–H and O–H groups in total. The molecule has 9 rings (SSSR count). The standard InChI is InChI=1S/C51H50ClF4N9O5/c1-29-21-38(64(23-32-9-15-35(67-5)16-10-32)24-33-11-17-36(68-6)18-12-33)62-46(42(29)51(54,55)56)40-43(52)47-41-48(44(40)53)70-39(69-37-25-63(3)26-37)27-65(50(41)61-28-60-47)30(2)45-49(58-20-19-57-45)59-22-31-7-13-34(66-4)14-8-31/h7-21,27,30,37,60H,22-26,28H2,1-6H3,(H,58,59). The fourth-order valence-electron chi connectivity index (χ4n) is 8.69. The third-order valence-corrected chi connectivity index (χ3v) is 12.7. The van der Waals surface area contributed by atoms with Gasteiger partial charge in [-0.1, -0.05) is 48.0 Å². The molecule has 14 nitrogen and oxygen atoms in total. The van der Waals surface area contributed by atoms with E-state index in [1.54, 1.807) is 69.1 Å². The van der Waals surface area contributed by atoms with E-state index in [9.17, 15) is 0 Å². The lowest BCUT2D eigenvalue weighted by Crippen LogP contribution is -2.49. The summed E-state index contributed by atoms with van der Waals surface area (Å²) in [6.07, 6.45) is -0.640. The lowest BCUT2D eigenvalue weighted by Gasteiger charge is -2.36. The predicted octanol–water partition coefficient (Wildman–Crippen LogP) is 10.2. The van der Waals surface area contributed by atoms with Crippen LogP contribution in [0.1, 0.15) is 52.0 Å². The zero-order valence-electron chi connectivity index (χ0n) is 39.2. The molecule has 0 bridgehead atoms. The third kappa shape index (κ3) is 9.78. The second kappa shape index (κ2) is 20.0. The number of nitrogens with zero attached hydrogens (tertiary/aromatic N) is 7. The van der Waals surface area contributed by atoms with Crippen molar-refractivity contribution in [1.29, 1.82) is 0 Å². The van der Waals surface area contributed by atoms with Crippen molar-refractivity contribution in [2.24, 2.45) is 4.99 Å². The van der Waals surface area contributed by atoms with Gasteiger partial charge in [0.15, 0.2) is 11.6 Å². The number of hydrogen-bond donors (Lipinski definition) is 2. The quantitative estimate of drug-likeness (QED) is 0.0893. The summed E-state index contributed by atoms with van der Waals surface area (Å²) in [6.45, 7) is 5.03. The monoisotopic (exact) mass is 979 g/mol. The fraction of sp³-hybridized carbons (Fsp3) is 0.294. The second-order valence-corrected chi connectivity index (χ2v) is 17.4. The van der Waals surface area contributed by atoms with E-state index >= 15 is 17.6 Å². The van der Waals surface area contributed by atoms with Gasteiger partial charge in [-0.15, -0.1) is 0 Å². The summed E-state index contributed by atoms with van der Waals surface area (Å²) in [5, 5.41) is 6.15. The van der Waals surface area contributed by atoms with Gasteiger partial charge >= 0.3 is 12.1 Å². The molecule has 6 aromatic rings. The fourth-order valence-corrected chi connectivity index (χ4v) is 9.03. The number of aliphatic imine (C=N–C) groups is 1. The van der Waals surface area contributed by atoms with Crippen LogP contribution in [0.3, 0.4) is 0 Å². The molecule has 1 unspecified atom stereocenters. The Hall–Kier alpha value is -7.31. The molecule has 3 aliphatic heterocycles. The first kappa shape index (κ1) is 47.7. The van der Waals surface area contributed by atoms with Crippen LogP contribution in [0.25, 0.3) is 11.3 Å². The second-order valence-electron chi connectivity index (χ2n) is 17.1. The van der Waals surface area contributed by atoms with Crippen LogP contribution in [0.5, 0.6) is 23.0 Å². The van der Waals surface area contributed by atoms with Crippen LogP contribution in [-0.4, -0.2) is 84.8 Å². The highest BCUT2D eigenvalue weighted by molar-refractivity contribution is 6.37. The molecule has 0 aliphatic carbocycles. The number of methoxy groups -OCH3 is 3. The number of pyridine rings is 1. The summed E-state index contributed by atoms with van der Waals surface area (Å²) in [5.74, 6) is 1.05. The van der Waals surface area contributed by atoms with Crippen LogP contribution >= 0.6 is 11.6 Å². The van der Waals surface area contributed by atoms with E-state index in [2.05, 4.69) is 15.6 Å². The Morgan fingerprint density at radius 1 is 0.871 bits per heavy atom. The van der Waals surface area contributed by atoms with Crippen molar-refractivity contribution in [3.63, 3.8) is 0 Å². The Bertz CT molecular complexity index is 2890. The summed E-state index contributed by atoms with van der Waals surface area (Å²) in [4.78, 5) is 24.4. The number of hydrogen-bond acceptors (Lipinski definition) is 14. The molecule has 364 valence electrons. The Kier molecular flexibility index (Phi) is 13.6. The smallest absolute Gasteiger partial charge is 0.418 e. The van der Waals surface area contributed by atoms with Crippen molar-refractivity contribution in [2.75, 3.05) is 63.7 Å². The maximum Gasteiger partial charge on any atom is 0.418 e. The number of amidine groups is 1. The maximum atomic E-state index is 18.1. The van der Waals surface area contributed by atoms with E-state index < -0.39 is 40.6 Å². The van der Waals surface area contributed by atoms with Crippen molar-refractivity contribution < 1.29 is 41.2 Å². The van der Waals surface area contributed by atoms with E-state index in [1.165, 1.54) is 13.0 Å². The number of likely N-dealkylation sites (tertiary alicyclic amines) is 1. The molecule has 1 saturated heterocycles. The van der Waals surface area contributed by atoms with Crippen molar-refractivity contribution in [3.05, 3.63) is 153 Å². The molecule has 0 saturated carbocycles. The highest BCUT2D eigenvalue weighted by atomic mass is 35.5. The number of anilines is 3. The highest BCUT2D eigenvalue weighted by Crippen LogP contribution is 2.51. The SMILES string of the molecule is COc1ccc(CNc2nccnc2C(C)N2C=C(OC3CN(C)C3)Oc3c(F)c(-c4nc(N(Cc5ccc(OC)cc5)Cc5ccc(OC)cc5)cc(C)c4C(F)(F)F)c(Cl)c4c3C2=NCN4)cc1. The van der Waals surface area contributed by atoms with Crippen LogP contribution in [0.2, 0.25) is 5.02 Å². The number of aryl methyl sites for hydroxylation is 1. The molecular formula is C51H50ClF4N9O5. The minimum Gasteiger partial charge on any atom is -0.497 e. The highest BCUT2D eigenvalue weighted by Gasteiger charge is 2.43. The molecule has 0 spiro atoms. The summed E-state index contributed by atoms with van der Waals surface area (Å²) in [6, 6.07) is 22.9. The van der Waals surface area contributed by atoms with Gasteiger partial charge < -0.3 is 44.1 Å². The van der Waals surface area contributed by atoms with Gasteiger partial charge in [0.25, 0.3) is 0 Å². The summed E-state index contributed by atoms with van der Waals surface area (Å²) >= 11 is 7.25. The number of rotatable bonds is 16. The Balaban J connectivity index is 1.16. The Morgan fingerprint density at radius 3 is 2.03 bits per heavy atom. The van der Waals surface area contributed by atoms with E-state index in [4.69, 9.17) is 50.2 Å². The van der Waals surface area contributed by atoms with Crippen molar-refractivity contribution in [3.8, 4) is 34.3 Å². The van der Waals surface area contributed by atoms with Gasteiger partial charge in [0.05, 0.1) is 66.7 Å². The Morgan fingerprint density at radius 2 is 1.46 bits per heavy atom. The van der Waals surface area contributed by atoms with Gasteiger partial charge in [-0.05, 0) is 85.6 Å². The van der Waals surface area contributed by atoms with Crippen LogP contribution in [-0.2, 0) is 30.5 Å². The molecular weight excluding hydrogens is 930 g/mol. The van der Waals surface area contributed by atoms with Gasteiger partial charge in [-0.3, -0.25) is 9.88 Å². The van der Waals surface area contributed by atoms with E-state index in [-0.39, 0.29) is 65.3 Å². The minimum atomic E-state index is -4.99. The molecule has 0 amide bonds. The van der Waals surface area contributed by atoms with Gasteiger partial charge in [0.2, 0.25) is 0 Å². The topological polar surface area (TPSA) is 131 Å². The van der Waals surface area contributed by atoms with Crippen molar-refractivity contribution >= 4 is 34.8 Å². The molecule has 0 radical (unpaired) electrons. The molecule has 70 heavy (non-hydrogen) atoms. The van der Waals surface area contributed by atoms with Crippen molar-refractivity contribution in [2.45, 2.75) is 51.8 Å². The molecule has 19 heteroatoms. The number of nitrogens with one attached hydrogen (secondary N) is 2. The average Bonchev–Trinajstić information content (AvgIpc) is 3.52. The first-order chi connectivity index (χ1) is 33.7. The Labute approximate surface area is 407 Å². The lowest BCUT2D eigenvalue weighted by atomic mass is 9.96. The van der Waals surface area contributed by atoms with Crippen LogP contribution in [0, 0.1) is 12.7 Å². The molecule has 3 aliphatic rings. The van der Waals surface area contributed by atoms with E-state index in [0.29, 0.717) is 42.6 Å². The third-order valence-electron chi connectivity index (χ3n) is 12.3. The normalized spacial score (nSPS) is 15.0. The van der Waals surface area contributed by atoms with Crippen molar-refractivity contribution in [1.82, 2.24) is 24.8 Å². The van der Waals surface area contributed by atoms with E-state index in [1.807, 2.05) is 72.3 Å². The zero-order chi connectivity index (χ0) is 49.3. The molecule has 5 heterocycles. The number of aromatic nitrogens is 3. The maximum absolute atomic E-state index is 18.1. The van der Waals surface area contributed by atoms with E-state index in [0.717, 1.165) is 22.4 Å². The van der Waals surface area contributed by atoms with Crippen LogP contribution < -0.4 is 34.5 Å². The van der Waals surface area contributed by atoms with Gasteiger partial charge in [-0.2, -0.15) is 13.2 Å². The molecule has 1 atom stereocenters. The van der Waals surface area contributed by atoms with Crippen LogP contribution in [0.15, 0.2) is 108 Å². The largest absolute Gasteiger partial charge is 0.497 e. The first-order valence-corrected chi connectivity index (χ1v) is 22.7. The van der Waals surface area contributed by atoms with Gasteiger partial charge in [0.1, 0.15) is 53.2 Å². The summed E-state index contributed by atoms with van der Waals surface area (Å²) in [5.41, 5.74) is 0.572. The molecule has 1 fully saturated rings. The number of ether oxygens (including phenoxy) is 5. The summed E-state index contributed by atoms with van der Waals surface area (Å²) in [7, 11) is 6.65. The first-order valence-electron chi connectivity index (χ1n) is 22.4. The average molecular weight is 980 g/mol. The summed E-state index contributed by atoms with van der Waals surface area (Å²) < 4.78 is 93.5. The number of benzene rings is 4. The van der Waals surface area contributed by atoms with Gasteiger partial charge in [-0.25, -0.2) is 19.4 Å². The number of likely N-dealkylation sites (N-methyl/N-ethyl adjacent to an activating group) is 1. The predicted molar refractivity (Wildman–Crippen MR) is 259 cm³/mol. The minimum absolute atomic E-state index is 0.0728. The number of alkyl halides is 3. The molecule has 2 aromatic heterocycles. The zero-order valence-corrected chi connectivity index (χ0v) is 40.0. The van der Waals surface area contributed by atoms with Crippen LogP contribution in [0.4, 0.5) is 34.9 Å². The lowest BCUT2D eigenvalue weighted by molar-refractivity contribution is -0.137. The van der Waals surface area contributed by atoms with Gasteiger partial charge in [0, 0.05) is 45.1 Å². The number of halogens is 5.